The molecule has 1 aliphatic heterocycles. The zero-order valence-electron chi connectivity index (χ0n) is 22.4. The number of methoxy groups -OCH3 is 1. The second-order valence-electron chi connectivity index (χ2n) is 9.14. The van der Waals surface area contributed by atoms with Gasteiger partial charge < -0.3 is 19.5 Å². The summed E-state index contributed by atoms with van der Waals surface area (Å²) in [6, 6.07) is 10.7. The molecule has 0 aromatic heterocycles. The molecular formula is C29H29ClF5NO5. The highest BCUT2D eigenvalue weighted by molar-refractivity contribution is 6.31. The summed E-state index contributed by atoms with van der Waals surface area (Å²) < 4.78 is 87.2. The van der Waals surface area contributed by atoms with E-state index in [-0.39, 0.29) is 12.3 Å². The Balaban J connectivity index is 1.81. The second kappa shape index (κ2) is 14.3. The van der Waals surface area contributed by atoms with Gasteiger partial charge in [-0.3, -0.25) is 0 Å². The van der Waals surface area contributed by atoms with Gasteiger partial charge in [0, 0.05) is 11.3 Å². The molecule has 41 heavy (non-hydrogen) atoms. The number of ether oxygens (including phenoxy) is 3. The smallest absolute Gasteiger partial charge is 0.418 e. The fourth-order valence-corrected chi connectivity index (χ4v) is 4.83. The van der Waals surface area contributed by atoms with Gasteiger partial charge >= 0.3 is 18.1 Å². The van der Waals surface area contributed by atoms with Crippen molar-refractivity contribution in [3.8, 4) is 5.75 Å². The van der Waals surface area contributed by atoms with E-state index in [9.17, 15) is 27.2 Å². The predicted octanol–water partition coefficient (Wildman–Crippen LogP) is 7.04. The van der Waals surface area contributed by atoms with Crippen molar-refractivity contribution in [3.05, 3.63) is 87.0 Å². The van der Waals surface area contributed by atoms with Gasteiger partial charge in [-0.25, -0.2) is 18.4 Å². The largest absolute Gasteiger partial charge is 0.494 e. The number of unbranched alkanes of at least 4 members (excludes halogenated alkanes) is 3. The van der Waals surface area contributed by atoms with Crippen molar-refractivity contribution in [3.63, 3.8) is 0 Å². The lowest BCUT2D eigenvalue weighted by molar-refractivity contribution is -0.141. The Morgan fingerprint density at radius 2 is 1.61 bits per heavy atom. The van der Waals surface area contributed by atoms with Crippen molar-refractivity contribution >= 4 is 23.5 Å². The number of halogens is 6. The Morgan fingerprint density at radius 1 is 0.951 bits per heavy atom. The Labute approximate surface area is 239 Å². The lowest BCUT2D eigenvalue weighted by Crippen LogP contribution is -2.35. The molecule has 2 aromatic rings. The first-order valence-corrected chi connectivity index (χ1v) is 13.1. The number of rotatable bonds is 12. The maximum absolute atomic E-state index is 15.2. The van der Waals surface area contributed by atoms with Gasteiger partial charge in [-0.2, -0.15) is 13.2 Å². The van der Waals surface area contributed by atoms with Crippen molar-refractivity contribution in [2.45, 2.75) is 44.7 Å². The van der Waals surface area contributed by atoms with E-state index in [2.05, 4.69) is 10.1 Å². The number of carbonyl (C=O) groups excluding carboxylic acids is 2. The molecule has 1 unspecified atom stereocenters. The van der Waals surface area contributed by atoms with E-state index >= 15 is 4.39 Å². The third-order valence-electron chi connectivity index (χ3n) is 6.40. The van der Waals surface area contributed by atoms with Crippen LogP contribution in [0.3, 0.4) is 0 Å². The molecule has 0 saturated heterocycles. The van der Waals surface area contributed by atoms with Crippen molar-refractivity contribution in [1.82, 2.24) is 5.32 Å². The molecule has 3 rings (SSSR count). The van der Waals surface area contributed by atoms with E-state index in [0.29, 0.717) is 31.6 Å². The van der Waals surface area contributed by atoms with Crippen molar-refractivity contribution in [1.29, 1.82) is 0 Å². The summed E-state index contributed by atoms with van der Waals surface area (Å²) in [5, 5.41) is 1.66. The molecule has 0 aliphatic carbocycles. The normalized spacial score (nSPS) is 15.5. The zero-order valence-corrected chi connectivity index (χ0v) is 23.1. The van der Waals surface area contributed by atoms with Crippen molar-refractivity contribution in [2.75, 3.05) is 27.0 Å². The number of dihydropyridines is 1. The summed E-state index contributed by atoms with van der Waals surface area (Å²) in [6.45, 7) is 0.350. The van der Waals surface area contributed by atoms with Gasteiger partial charge in [-0.1, -0.05) is 29.8 Å². The maximum atomic E-state index is 15.2. The van der Waals surface area contributed by atoms with Gasteiger partial charge in [0.05, 0.1) is 53.7 Å². The number of allylic oxidation sites excluding steroid dienone is 2. The van der Waals surface area contributed by atoms with Gasteiger partial charge in [0.2, 0.25) is 0 Å². The number of nitrogens with one attached hydrogen (secondary N) is 1. The first-order valence-electron chi connectivity index (χ1n) is 12.8. The average molecular weight is 602 g/mol. The van der Waals surface area contributed by atoms with Crippen LogP contribution < -0.4 is 10.1 Å². The standard InChI is InChI=1S/C29H29ClF5NO5/c1-17-22(28(38)41-15-9-4-3-8-14-40-18-10-6-5-7-11-18)25(24(27(37)39-2)21(16-31)36-17)23-20(32)13-12-19(30)26(23)29(33,34)35/h5-7,10-13,25,36H,3-4,8-9,14-16H2,1-2H3. The number of para-hydroxylation sites is 1. The van der Waals surface area contributed by atoms with Crippen LogP contribution in [0.15, 0.2) is 65.0 Å². The summed E-state index contributed by atoms with van der Waals surface area (Å²) in [6.07, 6.45) is -2.59. The quantitative estimate of drug-likeness (QED) is 0.160. The molecular weight excluding hydrogens is 573 g/mol. The Morgan fingerprint density at radius 3 is 2.22 bits per heavy atom. The Kier molecular flexibility index (Phi) is 11.2. The Bertz CT molecular complexity index is 1310. The van der Waals surface area contributed by atoms with Gasteiger partial charge in [0.1, 0.15) is 18.2 Å². The third kappa shape index (κ3) is 7.78. The predicted molar refractivity (Wildman–Crippen MR) is 141 cm³/mol. The molecule has 0 saturated carbocycles. The molecule has 1 atom stereocenters. The Hall–Kier alpha value is -3.60. The van der Waals surface area contributed by atoms with E-state index < -0.39 is 69.5 Å². The molecule has 222 valence electrons. The van der Waals surface area contributed by atoms with Gasteiger partial charge in [0.25, 0.3) is 0 Å². The fourth-order valence-electron chi connectivity index (χ4n) is 4.56. The summed E-state index contributed by atoms with van der Waals surface area (Å²) in [5.41, 5.74) is -4.47. The topological polar surface area (TPSA) is 73.9 Å². The molecule has 0 spiro atoms. The molecule has 0 radical (unpaired) electrons. The van der Waals surface area contributed by atoms with Crippen LogP contribution in [-0.4, -0.2) is 38.9 Å². The highest BCUT2D eigenvalue weighted by Crippen LogP contribution is 2.47. The lowest BCUT2D eigenvalue weighted by atomic mass is 9.78. The number of hydrogen-bond acceptors (Lipinski definition) is 6. The first-order chi connectivity index (χ1) is 19.5. The second-order valence-corrected chi connectivity index (χ2v) is 9.55. The van der Waals surface area contributed by atoms with Crippen LogP contribution in [0.4, 0.5) is 22.0 Å². The van der Waals surface area contributed by atoms with Gasteiger partial charge in [-0.05, 0) is 56.9 Å². The van der Waals surface area contributed by atoms with Crippen LogP contribution >= 0.6 is 11.6 Å². The van der Waals surface area contributed by atoms with E-state index in [1.54, 1.807) is 0 Å². The third-order valence-corrected chi connectivity index (χ3v) is 6.72. The molecule has 2 aromatic carbocycles. The van der Waals surface area contributed by atoms with Crippen LogP contribution in [-0.2, 0) is 25.2 Å². The van der Waals surface area contributed by atoms with Gasteiger partial charge in [-0.15, -0.1) is 0 Å². The molecule has 0 fully saturated rings. The average Bonchev–Trinajstić information content (AvgIpc) is 2.94. The van der Waals surface area contributed by atoms with E-state index in [4.69, 9.17) is 21.1 Å². The molecule has 1 N–H and O–H groups in total. The minimum atomic E-state index is -5.18. The molecule has 0 amide bonds. The molecule has 6 nitrogen and oxygen atoms in total. The molecule has 1 heterocycles. The van der Waals surface area contributed by atoms with Crippen LogP contribution in [0.5, 0.6) is 5.75 Å². The summed E-state index contributed by atoms with van der Waals surface area (Å²) in [7, 11) is 0.926. The van der Waals surface area contributed by atoms with Crippen LogP contribution in [0.25, 0.3) is 0 Å². The van der Waals surface area contributed by atoms with E-state index in [1.807, 2.05) is 30.3 Å². The number of esters is 2. The maximum Gasteiger partial charge on any atom is 0.418 e. The SMILES string of the molecule is COC(=O)C1=C(CF)NC(C)=C(C(=O)OCCCCCCOc2ccccc2)C1c1c(F)ccc(Cl)c1C(F)(F)F. The van der Waals surface area contributed by atoms with Crippen molar-refractivity contribution in [2.24, 2.45) is 0 Å². The van der Waals surface area contributed by atoms with Crippen LogP contribution in [0.1, 0.15) is 49.7 Å². The highest BCUT2D eigenvalue weighted by Gasteiger charge is 2.46. The zero-order chi connectivity index (χ0) is 30.2. The minimum absolute atomic E-state index is 0.0979. The molecule has 12 heteroatoms. The van der Waals surface area contributed by atoms with Gasteiger partial charge in [0.15, 0.2) is 0 Å². The number of hydrogen-bond donors (Lipinski definition) is 1. The minimum Gasteiger partial charge on any atom is -0.494 e. The number of benzene rings is 2. The number of alkyl halides is 4. The first kappa shape index (κ1) is 31.9. The van der Waals surface area contributed by atoms with Crippen molar-refractivity contribution < 1.29 is 45.8 Å². The molecule has 1 aliphatic rings. The summed E-state index contributed by atoms with van der Waals surface area (Å²) in [5.74, 6) is -5.00. The number of carbonyl (C=O) groups is 2. The highest BCUT2D eigenvalue weighted by atomic mass is 35.5. The van der Waals surface area contributed by atoms with Crippen LogP contribution in [0, 0.1) is 5.82 Å². The fraction of sp³-hybridized carbons (Fsp3) is 0.379. The summed E-state index contributed by atoms with van der Waals surface area (Å²) in [4.78, 5) is 26.0. The van der Waals surface area contributed by atoms with Crippen LogP contribution in [0.2, 0.25) is 5.02 Å². The lowest BCUT2D eigenvalue weighted by Gasteiger charge is -2.32. The molecule has 0 bridgehead atoms. The van der Waals surface area contributed by atoms with E-state index in [1.165, 1.54) is 6.92 Å². The van der Waals surface area contributed by atoms with E-state index in [0.717, 1.165) is 25.7 Å². The monoisotopic (exact) mass is 601 g/mol. The summed E-state index contributed by atoms with van der Waals surface area (Å²) >= 11 is 5.84.